The number of nitrogens with one attached hydrogen (secondary N) is 1. The van der Waals surface area contributed by atoms with Crippen LogP contribution in [-0.4, -0.2) is 38.9 Å². The molecule has 0 radical (unpaired) electrons. The van der Waals surface area contributed by atoms with Gasteiger partial charge in [0.25, 0.3) is 5.91 Å². The van der Waals surface area contributed by atoms with Crippen molar-refractivity contribution in [3.8, 4) is 16.4 Å². The molecule has 0 saturated heterocycles. The molecule has 6 nitrogen and oxygen atoms in total. The molecule has 148 valence electrons. The van der Waals surface area contributed by atoms with Crippen molar-refractivity contribution in [2.75, 3.05) is 13.2 Å². The number of alkyl halides is 3. The monoisotopic (exact) mass is 410 g/mol. The van der Waals surface area contributed by atoms with Crippen molar-refractivity contribution >= 4 is 17.2 Å². The molecular formula is C18H17F3N4O2S. The molecule has 3 rings (SSSR count). The summed E-state index contributed by atoms with van der Waals surface area (Å²) in [5.41, 5.74) is 0.941. The Morgan fingerprint density at radius 3 is 2.86 bits per heavy atom. The van der Waals surface area contributed by atoms with Crippen molar-refractivity contribution < 1.29 is 23.1 Å². The molecule has 1 amide bonds. The minimum absolute atomic E-state index is 0.0179. The first-order chi connectivity index (χ1) is 13.3. The zero-order valence-electron chi connectivity index (χ0n) is 14.8. The summed E-state index contributed by atoms with van der Waals surface area (Å²) < 4.78 is 40.2. The highest BCUT2D eigenvalue weighted by Crippen LogP contribution is 2.33. The van der Waals surface area contributed by atoms with Crippen LogP contribution >= 0.6 is 11.3 Å². The predicted octanol–water partition coefficient (Wildman–Crippen LogP) is 3.44. The van der Waals surface area contributed by atoms with Gasteiger partial charge in [0.05, 0.1) is 28.7 Å². The van der Waals surface area contributed by atoms with Gasteiger partial charge in [-0.15, -0.1) is 11.3 Å². The number of aliphatic hydroxyl groups is 1. The molecule has 0 aliphatic rings. The van der Waals surface area contributed by atoms with Crippen molar-refractivity contribution in [2.45, 2.75) is 19.5 Å². The molecule has 0 saturated carbocycles. The number of rotatable bonds is 6. The first-order valence-electron chi connectivity index (χ1n) is 8.38. The Kier molecular flexibility index (Phi) is 5.80. The van der Waals surface area contributed by atoms with E-state index in [2.05, 4.69) is 15.4 Å². The molecular weight excluding hydrogens is 393 g/mol. The van der Waals surface area contributed by atoms with Crippen molar-refractivity contribution in [1.82, 2.24) is 20.1 Å². The van der Waals surface area contributed by atoms with E-state index in [-0.39, 0.29) is 12.5 Å². The van der Waals surface area contributed by atoms with Gasteiger partial charge < -0.3 is 10.4 Å². The SMILES string of the molecule is Cc1c(C(=O)NCCCO)cnn1-c1nc(-c2cccc(C(F)(F)F)c2)cs1. The van der Waals surface area contributed by atoms with E-state index in [0.29, 0.717) is 40.6 Å². The lowest BCUT2D eigenvalue weighted by atomic mass is 10.1. The summed E-state index contributed by atoms with van der Waals surface area (Å²) in [6, 6.07) is 4.96. The van der Waals surface area contributed by atoms with Crippen LogP contribution in [0.1, 0.15) is 28.0 Å². The predicted molar refractivity (Wildman–Crippen MR) is 98.4 cm³/mol. The maximum atomic E-state index is 12.9. The van der Waals surface area contributed by atoms with Gasteiger partial charge in [-0.25, -0.2) is 9.67 Å². The topological polar surface area (TPSA) is 80.0 Å². The van der Waals surface area contributed by atoms with Gasteiger partial charge in [-0.2, -0.15) is 18.3 Å². The van der Waals surface area contributed by atoms with E-state index < -0.39 is 11.7 Å². The van der Waals surface area contributed by atoms with Gasteiger partial charge in [-0.05, 0) is 25.5 Å². The zero-order valence-corrected chi connectivity index (χ0v) is 15.6. The molecule has 1 aromatic carbocycles. The molecule has 2 N–H and O–H groups in total. The van der Waals surface area contributed by atoms with E-state index in [4.69, 9.17) is 5.11 Å². The number of aliphatic hydroxyl groups excluding tert-OH is 1. The van der Waals surface area contributed by atoms with Crippen LogP contribution < -0.4 is 5.32 Å². The Bertz CT molecular complexity index is 981. The summed E-state index contributed by atoms with van der Waals surface area (Å²) in [6.45, 7) is 2.03. The first-order valence-corrected chi connectivity index (χ1v) is 9.26. The smallest absolute Gasteiger partial charge is 0.396 e. The van der Waals surface area contributed by atoms with Crippen LogP contribution in [0.15, 0.2) is 35.8 Å². The van der Waals surface area contributed by atoms with E-state index in [9.17, 15) is 18.0 Å². The molecule has 0 aliphatic heterocycles. The van der Waals surface area contributed by atoms with Crippen LogP contribution in [-0.2, 0) is 6.18 Å². The highest BCUT2D eigenvalue weighted by atomic mass is 32.1. The molecule has 0 unspecified atom stereocenters. The maximum Gasteiger partial charge on any atom is 0.416 e. The van der Waals surface area contributed by atoms with Gasteiger partial charge >= 0.3 is 6.18 Å². The molecule has 10 heteroatoms. The molecule has 3 aromatic rings. The number of carbonyl (C=O) groups excluding carboxylic acids is 1. The summed E-state index contributed by atoms with van der Waals surface area (Å²) in [6.07, 6.45) is -2.56. The van der Waals surface area contributed by atoms with Crippen LogP contribution in [0.3, 0.4) is 0 Å². The standard InChI is InChI=1S/C18H17F3N4O2S/c1-11-14(16(27)22-6-3-7-26)9-23-25(11)17-24-15(10-28-17)12-4-2-5-13(8-12)18(19,20)21/h2,4-5,8-10,26H,3,6-7H2,1H3,(H,22,27). The Morgan fingerprint density at radius 2 is 2.14 bits per heavy atom. The molecule has 0 spiro atoms. The third kappa shape index (κ3) is 4.23. The number of nitrogens with zero attached hydrogens (tertiary/aromatic N) is 3. The van der Waals surface area contributed by atoms with Crippen LogP contribution in [0.5, 0.6) is 0 Å². The second-order valence-corrected chi connectivity index (χ2v) is 6.82. The minimum Gasteiger partial charge on any atom is -0.396 e. The largest absolute Gasteiger partial charge is 0.416 e. The highest BCUT2D eigenvalue weighted by Gasteiger charge is 2.30. The summed E-state index contributed by atoms with van der Waals surface area (Å²) in [5.74, 6) is -0.313. The first kappa shape index (κ1) is 20.0. The number of benzene rings is 1. The zero-order chi connectivity index (χ0) is 20.3. The average molecular weight is 410 g/mol. The molecule has 0 bridgehead atoms. The Labute approximate surface area is 162 Å². The normalized spacial score (nSPS) is 11.6. The van der Waals surface area contributed by atoms with Crippen LogP contribution in [0.25, 0.3) is 16.4 Å². The summed E-state index contributed by atoms with van der Waals surface area (Å²) in [5, 5.41) is 17.7. The van der Waals surface area contributed by atoms with Gasteiger partial charge in [0.2, 0.25) is 5.13 Å². The number of amides is 1. The molecule has 2 aromatic heterocycles. The lowest BCUT2D eigenvalue weighted by Gasteiger charge is -2.07. The summed E-state index contributed by atoms with van der Waals surface area (Å²) in [7, 11) is 0. The fourth-order valence-corrected chi connectivity index (χ4v) is 3.39. The number of hydrogen-bond acceptors (Lipinski definition) is 5. The molecule has 0 fully saturated rings. The Morgan fingerprint density at radius 1 is 1.36 bits per heavy atom. The van der Waals surface area contributed by atoms with Crippen LogP contribution in [0, 0.1) is 6.92 Å². The van der Waals surface area contributed by atoms with Crippen LogP contribution in [0.2, 0.25) is 0 Å². The van der Waals surface area contributed by atoms with E-state index in [1.807, 2.05) is 0 Å². The molecule has 0 aliphatic carbocycles. The average Bonchev–Trinajstić information content (AvgIpc) is 3.28. The minimum atomic E-state index is -4.42. The van der Waals surface area contributed by atoms with Crippen molar-refractivity contribution in [3.63, 3.8) is 0 Å². The Balaban J connectivity index is 1.84. The highest BCUT2D eigenvalue weighted by molar-refractivity contribution is 7.12. The quantitative estimate of drug-likeness (QED) is 0.610. The van der Waals surface area contributed by atoms with Crippen molar-refractivity contribution in [3.05, 3.63) is 52.7 Å². The third-order valence-electron chi connectivity index (χ3n) is 4.03. The van der Waals surface area contributed by atoms with E-state index in [1.54, 1.807) is 18.4 Å². The van der Waals surface area contributed by atoms with E-state index in [1.165, 1.54) is 28.3 Å². The van der Waals surface area contributed by atoms with Crippen molar-refractivity contribution in [2.24, 2.45) is 0 Å². The second-order valence-electron chi connectivity index (χ2n) is 5.98. The number of carbonyl (C=O) groups is 1. The van der Waals surface area contributed by atoms with E-state index in [0.717, 1.165) is 12.1 Å². The van der Waals surface area contributed by atoms with Crippen molar-refractivity contribution in [1.29, 1.82) is 0 Å². The molecule has 28 heavy (non-hydrogen) atoms. The lowest BCUT2D eigenvalue weighted by Crippen LogP contribution is -2.25. The summed E-state index contributed by atoms with van der Waals surface area (Å²) >= 11 is 1.21. The lowest BCUT2D eigenvalue weighted by molar-refractivity contribution is -0.137. The van der Waals surface area contributed by atoms with Gasteiger partial charge in [0.15, 0.2) is 0 Å². The van der Waals surface area contributed by atoms with Crippen LogP contribution in [0.4, 0.5) is 13.2 Å². The maximum absolute atomic E-state index is 12.9. The fourth-order valence-electron chi connectivity index (χ4n) is 2.55. The Hall–Kier alpha value is -2.72. The molecule has 0 atom stereocenters. The van der Waals surface area contributed by atoms with Gasteiger partial charge in [-0.1, -0.05) is 12.1 Å². The fraction of sp³-hybridized carbons (Fsp3) is 0.278. The number of thiazole rings is 1. The van der Waals surface area contributed by atoms with Gasteiger partial charge in [0, 0.05) is 24.1 Å². The second kappa shape index (κ2) is 8.11. The number of hydrogen-bond donors (Lipinski definition) is 2. The number of halogens is 3. The van der Waals surface area contributed by atoms with Gasteiger partial charge in [0.1, 0.15) is 0 Å². The third-order valence-corrected chi connectivity index (χ3v) is 4.85. The summed E-state index contributed by atoms with van der Waals surface area (Å²) in [4.78, 5) is 16.5. The van der Waals surface area contributed by atoms with E-state index >= 15 is 0 Å². The number of aromatic nitrogens is 3. The van der Waals surface area contributed by atoms with Gasteiger partial charge in [-0.3, -0.25) is 4.79 Å². The molecule has 2 heterocycles.